The summed E-state index contributed by atoms with van der Waals surface area (Å²) in [7, 11) is 1.50. The number of carbonyl (C=O) groups is 1. The number of rotatable bonds is 6. The van der Waals surface area contributed by atoms with E-state index in [0.29, 0.717) is 0 Å². The van der Waals surface area contributed by atoms with Crippen LogP contribution in [0.2, 0.25) is 0 Å². The standard InChI is InChI=1S/C8HF15O2.CH5N/c9-2(10,1(24)25)3(11,12)4(13,14)5(15,16)6(17,18)7(19,20)8(21,22)23;1-2/h(H,24,25);2H2,1H3. The number of hydrogen-bond donors (Lipinski definition) is 2. The number of nitrogens with two attached hydrogens (primary N) is 1. The molecule has 0 aromatic rings. The molecule has 0 aromatic heterocycles. The fourth-order valence-electron chi connectivity index (χ4n) is 1.10. The van der Waals surface area contributed by atoms with Crippen LogP contribution in [0.15, 0.2) is 0 Å². The molecule has 0 amide bonds. The normalized spacial score (nSPS) is 15.1. The third kappa shape index (κ3) is 3.58. The van der Waals surface area contributed by atoms with E-state index in [1.165, 1.54) is 7.05 Å². The van der Waals surface area contributed by atoms with Crippen molar-refractivity contribution in [2.75, 3.05) is 7.05 Å². The second-order valence-electron chi connectivity index (χ2n) is 4.25. The minimum Gasteiger partial charge on any atom is -0.477 e. The molecule has 3 nitrogen and oxygen atoms in total. The first-order valence-electron chi connectivity index (χ1n) is 5.59. The molecule has 0 bridgehead atoms. The molecule has 0 saturated heterocycles. The Morgan fingerprint density at radius 2 is 0.778 bits per heavy atom. The van der Waals surface area contributed by atoms with Gasteiger partial charge in [0.15, 0.2) is 0 Å². The molecule has 18 heteroatoms. The van der Waals surface area contributed by atoms with Crippen molar-refractivity contribution in [3.8, 4) is 0 Å². The molecular weight excluding hydrogens is 439 g/mol. The van der Waals surface area contributed by atoms with Crippen molar-refractivity contribution in [2.24, 2.45) is 5.73 Å². The van der Waals surface area contributed by atoms with Crippen LogP contribution < -0.4 is 5.73 Å². The maximum absolute atomic E-state index is 12.8. The average Bonchev–Trinajstić information content (AvgIpc) is 2.46. The maximum atomic E-state index is 12.8. The van der Waals surface area contributed by atoms with Crippen LogP contribution in [0.5, 0.6) is 0 Å². The summed E-state index contributed by atoms with van der Waals surface area (Å²) < 4.78 is 187. The summed E-state index contributed by atoms with van der Waals surface area (Å²) in [4.78, 5) is 9.72. The first-order valence-corrected chi connectivity index (χ1v) is 5.59. The van der Waals surface area contributed by atoms with Gasteiger partial charge in [-0.1, -0.05) is 0 Å². The van der Waals surface area contributed by atoms with Gasteiger partial charge in [0.2, 0.25) is 0 Å². The van der Waals surface area contributed by atoms with Crippen molar-refractivity contribution in [2.45, 2.75) is 41.7 Å². The van der Waals surface area contributed by atoms with E-state index in [4.69, 9.17) is 5.11 Å². The molecule has 0 spiro atoms. The first-order chi connectivity index (χ1) is 11.4. The summed E-state index contributed by atoms with van der Waals surface area (Å²) in [5.74, 6) is -52.8. The van der Waals surface area contributed by atoms with Gasteiger partial charge in [0.05, 0.1) is 0 Å². The van der Waals surface area contributed by atoms with Crippen LogP contribution in [0.4, 0.5) is 65.9 Å². The van der Waals surface area contributed by atoms with Gasteiger partial charge < -0.3 is 10.8 Å². The lowest BCUT2D eigenvalue weighted by Crippen LogP contribution is -2.73. The van der Waals surface area contributed by atoms with Crippen molar-refractivity contribution in [1.82, 2.24) is 0 Å². The van der Waals surface area contributed by atoms with Crippen molar-refractivity contribution < 1.29 is 75.8 Å². The van der Waals surface area contributed by atoms with Gasteiger partial charge in [-0.15, -0.1) is 0 Å². The van der Waals surface area contributed by atoms with Gasteiger partial charge in [0.25, 0.3) is 0 Å². The highest BCUT2D eigenvalue weighted by molar-refractivity contribution is 5.77. The molecule has 0 aromatic carbocycles. The lowest BCUT2D eigenvalue weighted by molar-refractivity contribution is -0.450. The molecule has 0 rings (SSSR count). The third-order valence-electron chi connectivity index (χ3n) is 2.60. The van der Waals surface area contributed by atoms with Crippen LogP contribution in [0.3, 0.4) is 0 Å². The van der Waals surface area contributed by atoms with E-state index in [9.17, 15) is 70.7 Å². The summed E-state index contributed by atoms with van der Waals surface area (Å²) in [5.41, 5.74) is 4.50. The van der Waals surface area contributed by atoms with E-state index in [1.54, 1.807) is 0 Å². The number of alkyl halides is 15. The molecule has 27 heavy (non-hydrogen) atoms. The van der Waals surface area contributed by atoms with Crippen LogP contribution in [-0.2, 0) is 4.79 Å². The number of halogens is 15. The second kappa shape index (κ2) is 7.08. The van der Waals surface area contributed by atoms with E-state index >= 15 is 0 Å². The first kappa shape index (κ1) is 27.6. The summed E-state index contributed by atoms with van der Waals surface area (Å²) in [5, 5.41) is 7.57. The Kier molecular flexibility index (Phi) is 7.24. The Hall–Kier alpha value is -1.62. The lowest BCUT2D eigenvalue weighted by atomic mass is 9.91. The quantitative estimate of drug-likeness (QED) is 0.608. The van der Waals surface area contributed by atoms with Gasteiger partial charge >= 0.3 is 47.7 Å². The highest BCUT2D eigenvalue weighted by Gasteiger charge is 2.94. The Bertz CT molecular complexity index is 538. The largest absolute Gasteiger partial charge is 0.477 e. The Labute approximate surface area is 137 Å². The molecule has 0 fully saturated rings. The third-order valence-corrected chi connectivity index (χ3v) is 2.60. The minimum atomic E-state index is -8.47. The molecule has 0 aliphatic heterocycles. The predicted molar refractivity (Wildman–Crippen MR) is 53.5 cm³/mol. The maximum Gasteiger partial charge on any atom is 0.460 e. The smallest absolute Gasteiger partial charge is 0.460 e. The Balaban J connectivity index is 0. The van der Waals surface area contributed by atoms with Crippen LogP contribution in [-0.4, -0.2) is 59.8 Å². The van der Waals surface area contributed by atoms with E-state index in [1.807, 2.05) is 0 Å². The average molecular weight is 445 g/mol. The SMILES string of the molecule is CN.O=C(O)C(F)(F)C(F)(F)C(F)(F)C(F)(F)C(F)(F)C(F)(F)C(F)(F)F. The summed E-state index contributed by atoms with van der Waals surface area (Å²) in [6.45, 7) is 0. The van der Waals surface area contributed by atoms with Crippen LogP contribution >= 0.6 is 0 Å². The van der Waals surface area contributed by atoms with Crippen LogP contribution in [0, 0.1) is 0 Å². The molecule has 164 valence electrons. The van der Waals surface area contributed by atoms with Gasteiger partial charge in [0.1, 0.15) is 0 Å². The predicted octanol–water partition coefficient (Wildman–Crippen LogP) is 4.02. The van der Waals surface area contributed by atoms with Gasteiger partial charge in [0, 0.05) is 0 Å². The van der Waals surface area contributed by atoms with E-state index in [2.05, 4.69) is 5.73 Å². The molecule has 0 aliphatic carbocycles. The highest BCUT2D eigenvalue weighted by Crippen LogP contribution is 2.62. The molecule has 0 heterocycles. The zero-order chi connectivity index (χ0) is 23.1. The van der Waals surface area contributed by atoms with Crippen molar-refractivity contribution in [1.29, 1.82) is 0 Å². The Morgan fingerprint density at radius 3 is 1.00 bits per heavy atom. The van der Waals surface area contributed by atoms with Crippen LogP contribution in [0.25, 0.3) is 0 Å². The fourth-order valence-corrected chi connectivity index (χ4v) is 1.10. The molecule has 0 saturated carbocycles. The zero-order valence-corrected chi connectivity index (χ0v) is 12.1. The Morgan fingerprint density at radius 1 is 0.556 bits per heavy atom. The van der Waals surface area contributed by atoms with Gasteiger partial charge in [-0.3, -0.25) is 0 Å². The molecular formula is C9H6F15NO2. The van der Waals surface area contributed by atoms with Gasteiger partial charge in [-0.05, 0) is 7.05 Å². The van der Waals surface area contributed by atoms with E-state index in [0.717, 1.165) is 0 Å². The monoisotopic (exact) mass is 445 g/mol. The number of hydrogen-bond acceptors (Lipinski definition) is 2. The molecule has 0 aliphatic rings. The molecule has 3 N–H and O–H groups in total. The summed E-state index contributed by atoms with van der Waals surface area (Å²) in [6.07, 6.45) is -7.69. The number of carboxylic acid groups (broad SMARTS) is 1. The van der Waals surface area contributed by atoms with Gasteiger partial charge in [-0.25, -0.2) is 4.79 Å². The summed E-state index contributed by atoms with van der Waals surface area (Å²) in [6, 6.07) is 0. The minimum absolute atomic E-state index is 1.50. The van der Waals surface area contributed by atoms with Crippen molar-refractivity contribution >= 4 is 5.97 Å². The van der Waals surface area contributed by atoms with Crippen LogP contribution in [0.1, 0.15) is 0 Å². The topological polar surface area (TPSA) is 63.3 Å². The number of aliphatic carboxylic acids is 1. The van der Waals surface area contributed by atoms with Crippen molar-refractivity contribution in [3.63, 3.8) is 0 Å². The zero-order valence-electron chi connectivity index (χ0n) is 12.1. The second-order valence-corrected chi connectivity index (χ2v) is 4.25. The summed E-state index contributed by atoms with van der Waals surface area (Å²) >= 11 is 0. The number of carboxylic acids is 1. The van der Waals surface area contributed by atoms with E-state index in [-0.39, 0.29) is 0 Å². The molecule has 0 atom stereocenters. The lowest BCUT2D eigenvalue weighted by Gasteiger charge is -2.40. The van der Waals surface area contributed by atoms with E-state index < -0.39 is 47.7 Å². The molecule has 0 unspecified atom stereocenters. The highest BCUT2D eigenvalue weighted by atomic mass is 19.4. The fraction of sp³-hybridized carbons (Fsp3) is 0.889. The van der Waals surface area contributed by atoms with Gasteiger partial charge in [-0.2, -0.15) is 65.9 Å². The molecule has 0 radical (unpaired) electrons. The van der Waals surface area contributed by atoms with Crippen molar-refractivity contribution in [3.05, 3.63) is 0 Å².